The SMILES string of the molecule is CN(C)C1(CNC(=O)C2(N)CCOC2)CCCCC1. The van der Waals surface area contributed by atoms with E-state index in [-0.39, 0.29) is 11.4 Å². The normalized spacial score (nSPS) is 30.5. The Bertz CT molecular complexity index is 319. The predicted molar refractivity (Wildman–Crippen MR) is 74.9 cm³/mol. The van der Waals surface area contributed by atoms with Gasteiger partial charge in [0.1, 0.15) is 5.54 Å². The molecule has 0 spiro atoms. The van der Waals surface area contributed by atoms with Crippen LogP contribution >= 0.6 is 0 Å². The smallest absolute Gasteiger partial charge is 0.242 e. The highest BCUT2D eigenvalue weighted by molar-refractivity contribution is 5.86. The molecule has 3 N–H and O–H groups in total. The fraction of sp³-hybridized carbons (Fsp3) is 0.929. The summed E-state index contributed by atoms with van der Waals surface area (Å²) in [4.78, 5) is 14.5. The number of nitrogens with two attached hydrogens (primary N) is 1. The first-order valence-corrected chi connectivity index (χ1v) is 7.31. The monoisotopic (exact) mass is 269 g/mol. The molecule has 1 aliphatic heterocycles. The number of hydrogen-bond donors (Lipinski definition) is 2. The molecule has 1 atom stereocenters. The third kappa shape index (κ3) is 3.09. The molecule has 19 heavy (non-hydrogen) atoms. The summed E-state index contributed by atoms with van der Waals surface area (Å²) < 4.78 is 5.25. The molecule has 5 nitrogen and oxygen atoms in total. The van der Waals surface area contributed by atoms with Gasteiger partial charge in [-0.1, -0.05) is 19.3 Å². The second kappa shape index (κ2) is 5.77. The van der Waals surface area contributed by atoms with Crippen LogP contribution < -0.4 is 11.1 Å². The Morgan fingerprint density at radius 3 is 2.47 bits per heavy atom. The molecule has 2 rings (SSSR count). The van der Waals surface area contributed by atoms with E-state index < -0.39 is 5.54 Å². The van der Waals surface area contributed by atoms with Crippen LogP contribution in [-0.4, -0.2) is 55.7 Å². The average molecular weight is 269 g/mol. The van der Waals surface area contributed by atoms with Crippen molar-refractivity contribution >= 4 is 5.91 Å². The lowest BCUT2D eigenvalue weighted by atomic mass is 9.80. The Morgan fingerprint density at radius 2 is 1.95 bits per heavy atom. The van der Waals surface area contributed by atoms with E-state index in [0.29, 0.717) is 26.2 Å². The Balaban J connectivity index is 1.93. The quantitative estimate of drug-likeness (QED) is 0.779. The van der Waals surface area contributed by atoms with E-state index in [1.54, 1.807) is 0 Å². The highest BCUT2D eigenvalue weighted by Crippen LogP contribution is 2.31. The highest BCUT2D eigenvalue weighted by Gasteiger charge is 2.40. The highest BCUT2D eigenvalue weighted by atomic mass is 16.5. The molecule has 5 heteroatoms. The van der Waals surface area contributed by atoms with Gasteiger partial charge in [0.05, 0.1) is 6.61 Å². The summed E-state index contributed by atoms with van der Waals surface area (Å²) in [6.45, 7) is 1.62. The summed E-state index contributed by atoms with van der Waals surface area (Å²) in [6, 6.07) is 0. The number of carbonyl (C=O) groups excluding carboxylic acids is 1. The van der Waals surface area contributed by atoms with Crippen LogP contribution in [0.3, 0.4) is 0 Å². The van der Waals surface area contributed by atoms with Gasteiger partial charge in [0.25, 0.3) is 0 Å². The second-order valence-corrected chi connectivity index (χ2v) is 6.32. The third-order valence-corrected chi connectivity index (χ3v) is 4.82. The van der Waals surface area contributed by atoms with E-state index in [4.69, 9.17) is 10.5 Å². The van der Waals surface area contributed by atoms with Crippen molar-refractivity contribution in [2.24, 2.45) is 5.73 Å². The zero-order valence-corrected chi connectivity index (χ0v) is 12.2. The molecule has 0 radical (unpaired) electrons. The summed E-state index contributed by atoms with van der Waals surface area (Å²) in [5.41, 5.74) is 5.37. The number of ether oxygens (including phenoxy) is 1. The lowest BCUT2D eigenvalue weighted by Crippen LogP contribution is -2.60. The molecule has 1 saturated carbocycles. The largest absolute Gasteiger partial charge is 0.379 e. The second-order valence-electron chi connectivity index (χ2n) is 6.32. The Hall–Kier alpha value is -0.650. The molecule has 0 bridgehead atoms. The standard InChI is InChI=1S/C14H27N3O2/c1-17(2)13(6-4-3-5-7-13)10-16-12(18)14(15)8-9-19-11-14/h3-11,15H2,1-2H3,(H,16,18). The number of hydrogen-bond acceptors (Lipinski definition) is 4. The molecule has 2 aliphatic rings. The summed E-state index contributed by atoms with van der Waals surface area (Å²) >= 11 is 0. The molecule has 1 amide bonds. The number of nitrogens with one attached hydrogen (secondary N) is 1. The molecule has 2 fully saturated rings. The van der Waals surface area contributed by atoms with Crippen LogP contribution in [-0.2, 0) is 9.53 Å². The minimum atomic E-state index is -0.817. The number of carbonyl (C=O) groups is 1. The van der Waals surface area contributed by atoms with Gasteiger partial charge in [0, 0.05) is 18.7 Å². The van der Waals surface area contributed by atoms with Gasteiger partial charge >= 0.3 is 0 Å². The van der Waals surface area contributed by atoms with Crippen LogP contribution in [0.5, 0.6) is 0 Å². The van der Waals surface area contributed by atoms with Gasteiger partial charge in [-0.25, -0.2) is 0 Å². The molecule has 1 saturated heterocycles. The van der Waals surface area contributed by atoms with Crippen molar-refractivity contribution in [2.75, 3.05) is 33.9 Å². The van der Waals surface area contributed by atoms with E-state index in [1.165, 1.54) is 19.3 Å². The van der Waals surface area contributed by atoms with Crippen LogP contribution in [0.15, 0.2) is 0 Å². The molecule has 1 unspecified atom stereocenters. The zero-order chi connectivity index (χ0) is 13.9. The topological polar surface area (TPSA) is 67.6 Å². The van der Waals surface area contributed by atoms with Crippen molar-refractivity contribution in [1.82, 2.24) is 10.2 Å². The lowest BCUT2D eigenvalue weighted by Gasteiger charge is -2.43. The fourth-order valence-corrected chi connectivity index (χ4v) is 3.17. The first-order valence-electron chi connectivity index (χ1n) is 7.31. The predicted octanol–water partition coefficient (Wildman–Crippen LogP) is 0.485. The van der Waals surface area contributed by atoms with E-state index in [9.17, 15) is 4.79 Å². The Morgan fingerprint density at radius 1 is 1.26 bits per heavy atom. The maximum Gasteiger partial charge on any atom is 0.242 e. The van der Waals surface area contributed by atoms with Gasteiger partial charge in [-0.05, 0) is 33.4 Å². The number of amides is 1. The maximum atomic E-state index is 12.2. The van der Waals surface area contributed by atoms with E-state index >= 15 is 0 Å². The zero-order valence-electron chi connectivity index (χ0n) is 12.2. The van der Waals surface area contributed by atoms with Crippen molar-refractivity contribution < 1.29 is 9.53 Å². The van der Waals surface area contributed by atoms with Gasteiger partial charge in [0.2, 0.25) is 5.91 Å². The minimum Gasteiger partial charge on any atom is -0.379 e. The maximum absolute atomic E-state index is 12.2. The van der Waals surface area contributed by atoms with E-state index in [1.807, 2.05) is 0 Å². The third-order valence-electron chi connectivity index (χ3n) is 4.82. The first kappa shape index (κ1) is 14.8. The number of rotatable bonds is 4. The van der Waals surface area contributed by atoms with Crippen molar-refractivity contribution in [1.29, 1.82) is 0 Å². The van der Waals surface area contributed by atoms with Crippen molar-refractivity contribution in [3.05, 3.63) is 0 Å². The summed E-state index contributed by atoms with van der Waals surface area (Å²) in [5.74, 6) is -0.0585. The van der Waals surface area contributed by atoms with Crippen LogP contribution in [0.1, 0.15) is 38.5 Å². The molecule has 0 aromatic carbocycles. The van der Waals surface area contributed by atoms with Crippen molar-refractivity contribution in [3.8, 4) is 0 Å². The first-order chi connectivity index (χ1) is 8.99. The van der Waals surface area contributed by atoms with Crippen LogP contribution in [0.25, 0.3) is 0 Å². The van der Waals surface area contributed by atoms with Gasteiger partial charge in [-0.2, -0.15) is 0 Å². The molecular formula is C14H27N3O2. The number of nitrogens with zero attached hydrogens (tertiary/aromatic N) is 1. The van der Waals surface area contributed by atoms with E-state index in [0.717, 1.165) is 12.8 Å². The van der Waals surface area contributed by atoms with Crippen molar-refractivity contribution in [3.63, 3.8) is 0 Å². The number of likely N-dealkylation sites (N-methyl/N-ethyl adjacent to an activating group) is 1. The van der Waals surface area contributed by atoms with Crippen LogP contribution in [0.4, 0.5) is 0 Å². The Kier molecular flexibility index (Phi) is 4.48. The molecule has 0 aromatic rings. The summed E-state index contributed by atoms with van der Waals surface area (Å²) in [6.07, 6.45) is 6.70. The molecular weight excluding hydrogens is 242 g/mol. The molecule has 0 aromatic heterocycles. The lowest BCUT2D eigenvalue weighted by molar-refractivity contribution is -0.127. The molecule has 1 heterocycles. The summed E-state index contributed by atoms with van der Waals surface area (Å²) in [7, 11) is 4.21. The van der Waals surface area contributed by atoms with Crippen LogP contribution in [0.2, 0.25) is 0 Å². The minimum absolute atomic E-state index is 0.0585. The van der Waals surface area contributed by atoms with Crippen molar-refractivity contribution in [2.45, 2.75) is 49.6 Å². The molecule has 110 valence electrons. The molecule has 1 aliphatic carbocycles. The van der Waals surface area contributed by atoms with Gasteiger partial charge < -0.3 is 20.7 Å². The fourth-order valence-electron chi connectivity index (χ4n) is 3.17. The van der Waals surface area contributed by atoms with Gasteiger partial charge in [-0.15, -0.1) is 0 Å². The van der Waals surface area contributed by atoms with E-state index in [2.05, 4.69) is 24.3 Å². The average Bonchev–Trinajstić information content (AvgIpc) is 2.85. The van der Waals surface area contributed by atoms with Gasteiger partial charge in [-0.3, -0.25) is 4.79 Å². The Labute approximate surface area is 115 Å². The van der Waals surface area contributed by atoms with Crippen LogP contribution in [0, 0.1) is 0 Å². The van der Waals surface area contributed by atoms with Gasteiger partial charge in [0.15, 0.2) is 0 Å². The summed E-state index contributed by atoms with van der Waals surface area (Å²) in [5, 5.41) is 3.07.